The molecule has 2 N–H and O–H groups in total. The van der Waals surface area contributed by atoms with Crippen molar-refractivity contribution in [2.24, 2.45) is 7.05 Å². The van der Waals surface area contributed by atoms with Gasteiger partial charge in [-0.05, 0) is 6.92 Å². The Morgan fingerprint density at radius 3 is 2.82 bits per heavy atom. The maximum atomic E-state index is 4.31. The molecule has 0 saturated heterocycles. The molecule has 0 radical (unpaired) electrons. The Kier molecular flexibility index (Phi) is 3.22. The van der Waals surface area contributed by atoms with Gasteiger partial charge in [0.25, 0.3) is 0 Å². The molecule has 0 atom stereocenters. The van der Waals surface area contributed by atoms with Crippen molar-refractivity contribution in [3.8, 4) is 0 Å². The molecule has 0 aliphatic carbocycles. The molecular formula is C11H16N6. The molecule has 2 aromatic rings. The number of imidazole rings is 1. The van der Waals surface area contributed by atoms with Crippen molar-refractivity contribution in [3.63, 3.8) is 0 Å². The lowest BCUT2D eigenvalue weighted by Crippen LogP contribution is -2.08. The molecule has 0 aliphatic heterocycles. The van der Waals surface area contributed by atoms with Crippen LogP contribution in [0, 0.1) is 6.92 Å². The van der Waals surface area contributed by atoms with Gasteiger partial charge >= 0.3 is 0 Å². The van der Waals surface area contributed by atoms with E-state index in [0.717, 1.165) is 17.3 Å². The number of hydrogen-bond donors (Lipinski definition) is 2. The van der Waals surface area contributed by atoms with Crippen LogP contribution in [0.3, 0.4) is 0 Å². The molecule has 17 heavy (non-hydrogen) atoms. The first-order chi connectivity index (χ1) is 8.19. The average molecular weight is 232 g/mol. The van der Waals surface area contributed by atoms with Crippen molar-refractivity contribution in [1.82, 2.24) is 19.5 Å². The molecule has 2 heterocycles. The molecule has 6 heteroatoms. The quantitative estimate of drug-likeness (QED) is 0.828. The van der Waals surface area contributed by atoms with Gasteiger partial charge in [-0.3, -0.25) is 0 Å². The smallest absolute Gasteiger partial charge is 0.224 e. The van der Waals surface area contributed by atoms with Crippen molar-refractivity contribution in [2.75, 3.05) is 17.7 Å². The number of aromatic nitrogens is 4. The van der Waals surface area contributed by atoms with E-state index in [9.17, 15) is 0 Å². The van der Waals surface area contributed by atoms with E-state index < -0.39 is 0 Å². The molecule has 0 unspecified atom stereocenters. The van der Waals surface area contributed by atoms with E-state index in [0.29, 0.717) is 12.5 Å². The fourth-order valence-corrected chi connectivity index (χ4v) is 1.51. The first-order valence-corrected chi connectivity index (χ1v) is 5.42. The van der Waals surface area contributed by atoms with Gasteiger partial charge in [0.05, 0.1) is 6.54 Å². The summed E-state index contributed by atoms with van der Waals surface area (Å²) in [6.07, 6.45) is 3.70. The highest BCUT2D eigenvalue weighted by molar-refractivity contribution is 5.41. The molecular weight excluding hydrogens is 216 g/mol. The van der Waals surface area contributed by atoms with Gasteiger partial charge in [0, 0.05) is 38.2 Å². The Bertz CT molecular complexity index is 504. The van der Waals surface area contributed by atoms with Crippen LogP contribution in [0.2, 0.25) is 0 Å². The van der Waals surface area contributed by atoms with Crippen LogP contribution in [0.25, 0.3) is 0 Å². The van der Waals surface area contributed by atoms with Crippen LogP contribution in [-0.4, -0.2) is 26.6 Å². The predicted molar refractivity (Wildman–Crippen MR) is 66.9 cm³/mol. The predicted octanol–water partition coefficient (Wildman–Crippen LogP) is 1.17. The molecule has 6 nitrogen and oxygen atoms in total. The minimum absolute atomic E-state index is 0.618. The van der Waals surface area contributed by atoms with E-state index in [1.807, 2.05) is 30.8 Å². The zero-order chi connectivity index (χ0) is 12.3. The second-order valence-corrected chi connectivity index (χ2v) is 3.78. The summed E-state index contributed by atoms with van der Waals surface area (Å²) in [5, 5.41) is 6.16. The third kappa shape index (κ3) is 2.72. The monoisotopic (exact) mass is 232 g/mol. The molecule has 2 aromatic heterocycles. The highest BCUT2D eigenvalue weighted by Gasteiger charge is 2.02. The molecule has 2 rings (SSSR count). The van der Waals surface area contributed by atoms with Crippen molar-refractivity contribution < 1.29 is 0 Å². The molecule has 90 valence electrons. The molecule has 0 saturated carbocycles. The first kappa shape index (κ1) is 11.4. The number of hydrogen-bond acceptors (Lipinski definition) is 5. The summed E-state index contributed by atoms with van der Waals surface area (Å²) in [7, 11) is 3.77. The Labute approximate surface area is 100 Å². The summed E-state index contributed by atoms with van der Waals surface area (Å²) in [5.74, 6) is 2.38. The van der Waals surface area contributed by atoms with Crippen LogP contribution in [0.4, 0.5) is 11.8 Å². The van der Waals surface area contributed by atoms with Crippen LogP contribution >= 0.6 is 0 Å². The second-order valence-electron chi connectivity index (χ2n) is 3.78. The van der Waals surface area contributed by atoms with E-state index in [-0.39, 0.29) is 0 Å². The summed E-state index contributed by atoms with van der Waals surface area (Å²) in [6, 6.07) is 1.91. The Morgan fingerprint density at radius 2 is 2.18 bits per heavy atom. The molecule has 0 amide bonds. The summed E-state index contributed by atoms with van der Waals surface area (Å²) < 4.78 is 1.97. The van der Waals surface area contributed by atoms with Gasteiger partial charge in [0.1, 0.15) is 11.6 Å². The number of nitrogens with zero attached hydrogens (tertiary/aromatic N) is 4. The lowest BCUT2D eigenvalue weighted by molar-refractivity contribution is 0.810. The largest absolute Gasteiger partial charge is 0.363 e. The van der Waals surface area contributed by atoms with Crippen LogP contribution < -0.4 is 10.6 Å². The zero-order valence-electron chi connectivity index (χ0n) is 10.2. The second kappa shape index (κ2) is 4.82. The maximum absolute atomic E-state index is 4.31. The standard InChI is InChI=1S/C11H16N6/c1-8-6-9(16-11(12-2)15-8)14-7-10-13-4-5-17(10)3/h4-6H,7H2,1-3H3,(H2,12,14,15,16). The zero-order valence-corrected chi connectivity index (χ0v) is 10.2. The minimum atomic E-state index is 0.618. The Hall–Kier alpha value is -2.11. The molecule has 0 fully saturated rings. The summed E-state index contributed by atoms with van der Waals surface area (Å²) in [4.78, 5) is 12.8. The normalized spacial score (nSPS) is 10.3. The molecule has 0 bridgehead atoms. The van der Waals surface area contributed by atoms with Gasteiger partial charge in [0.2, 0.25) is 5.95 Å². The van der Waals surface area contributed by atoms with Gasteiger partial charge in [-0.1, -0.05) is 0 Å². The van der Waals surface area contributed by atoms with Gasteiger partial charge < -0.3 is 15.2 Å². The Morgan fingerprint density at radius 1 is 1.35 bits per heavy atom. The number of nitrogens with one attached hydrogen (secondary N) is 2. The van der Waals surface area contributed by atoms with Gasteiger partial charge in [-0.25, -0.2) is 9.97 Å². The van der Waals surface area contributed by atoms with Gasteiger partial charge in [-0.2, -0.15) is 4.98 Å². The van der Waals surface area contributed by atoms with Crippen LogP contribution in [0.15, 0.2) is 18.5 Å². The Balaban J connectivity index is 2.09. The third-order valence-corrected chi connectivity index (χ3v) is 2.43. The topological polar surface area (TPSA) is 67.7 Å². The highest BCUT2D eigenvalue weighted by atomic mass is 15.1. The minimum Gasteiger partial charge on any atom is -0.363 e. The van der Waals surface area contributed by atoms with Crippen molar-refractivity contribution >= 4 is 11.8 Å². The summed E-state index contributed by atoms with van der Waals surface area (Å²) >= 11 is 0. The SMILES string of the molecule is CNc1nc(C)cc(NCc2nccn2C)n1. The summed E-state index contributed by atoms with van der Waals surface area (Å²) in [5.41, 5.74) is 0.923. The number of anilines is 2. The van der Waals surface area contributed by atoms with Crippen molar-refractivity contribution in [3.05, 3.63) is 30.0 Å². The first-order valence-electron chi connectivity index (χ1n) is 5.42. The molecule has 0 spiro atoms. The van der Waals surface area contributed by atoms with Crippen molar-refractivity contribution in [1.29, 1.82) is 0 Å². The van der Waals surface area contributed by atoms with E-state index in [1.165, 1.54) is 0 Å². The van der Waals surface area contributed by atoms with Gasteiger partial charge in [-0.15, -0.1) is 0 Å². The number of aryl methyl sites for hydroxylation is 2. The van der Waals surface area contributed by atoms with E-state index in [1.54, 1.807) is 13.2 Å². The third-order valence-electron chi connectivity index (χ3n) is 2.43. The van der Waals surface area contributed by atoms with Crippen LogP contribution in [0.1, 0.15) is 11.5 Å². The van der Waals surface area contributed by atoms with Crippen LogP contribution in [-0.2, 0) is 13.6 Å². The highest BCUT2D eigenvalue weighted by Crippen LogP contribution is 2.10. The molecule has 0 aliphatic rings. The van der Waals surface area contributed by atoms with Gasteiger partial charge in [0.15, 0.2) is 0 Å². The fraction of sp³-hybridized carbons (Fsp3) is 0.364. The van der Waals surface area contributed by atoms with E-state index in [2.05, 4.69) is 25.6 Å². The lowest BCUT2D eigenvalue weighted by Gasteiger charge is -2.08. The van der Waals surface area contributed by atoms with E-state index >= 15 is 0 Å². The number of rotatable bonds is 4. The maximum Gasteiger partial charge on any atom is 0.224 e. The van der Waals surface area contributed by atoms with Crippen molar-refractivity contribution in [2.45, 2.75) is 13.5 Å². The molecule has 0 aromatic carbocycles. The lowest BCUT2D eigenvalue weighted by atomic mass is 10.4. The summed E-state index contributed by atoms with van der Waals surface area (Å²) in [6.45, 7) is 2.58. The van der Waals surface area contributed by atoms with E-state index in [4.69, 9.17) is 0 Å². The average Bonchev–Trinajstić information content (AvgIpc) is 2.71. The van der Waals surface area contributed by atoms with Crippen LogP contribution in [0.5, 0.6) is 0 Å². The fourth-order valence-electron chi connectivity index (χ4n) is 1.51.